The van der Waals surface area contributed by atoms with Crippen molar-refractivity contribution in [1.82, 2.24) is 19.7 Å². The monoisotopic (exact) mass is 203 g/mol. The van der Waals surface area contributed by atoms with Gasteiger partial charge in [-0.3, -0.25) is 0 Å². The Bertz CT molecular complexity index is 449. The molecule has 0 aliphatic heterocycles. The van der Waals surface area contributed by atoms with Gasteiger partial charge in [-0.1, -0.05) is 6.92 Å². The zero-order valence-electron chi connectivity index (χ0n) is 8.59. The lowest BCUT2D eigenvalue weighted by Gasteiger charge is -2.04. The lowest BCUT2D eigenvalue weighted by Crippen LogP contribution is -2.09. The van der Waals surface area contributed by atoms with E-state index in [4.69, 9.17) is 5.73 Å². The van der Waals surface area contributed by atoms with E-state index in [1.54, 1.807) is 23.1 Å². The Morgan fingerprint density at radius 2 is 2.20 bits per heavy atom. The number of hydrogen-bond donors (Lipinski definition) is 1. The second-order valence-corrected chi connectivity index (χ2v) is 3.14. The van der Waals surface area contributed by atoms with Crippen molar-refractivity contribution in [3.8, 4) is 5.95 Å². The van der Waals surface area contributed by atoms with Crippen molar-refractivity contribution in [2.45, 2.75) is 19.9 Å². The molecule has 15 heavy (non-hydrogen) atoms. The van der Waals surface area contributed by atoms with Crippen LogP contribution in [-0.2, 0) is 13.0 Å². The van der Waals surface area contributed by atoms with Gasteiger partial charge >= 0.3 is 0 Å². The van der Waals surface area contributed by atoms with Gasteiger partial charge in [-0.25, -0.2) is 14.6 Å². The van der Waals surface area contributed by atoms with Crippen LogP contribution >= 0.6 is 0 Å². The van der Waals surface area contributed by atoms with E-state index in [2.05, 4.69) is 22.0 Å². The highest BCUT2D eigenvalue weighted by Gasteiger charge is 2.05. The second kappa shape index (κ2) is 4.18. The molecule has 0 atom stereocenters. The molecule has 0 aliphatic rings. The number of nitrogens with two attached hydrogens (primary N) is 1. The van der Waals surface area contributed by atoms with Crippen molar-refractivity contribution in [2.75, 3.05) is 0 Å². The largest absolute Gasteiger partial charge is 0.325 e. The summed E-state index contributed by atoms with van der Waals surface area (Å²) in [5, 5.41) is 4.18. The van der Waals surface area contributed by atoms with Crippen molar-refractivity contribution in [1.29, 1.82) is 0 Å². The van der Waals surface area contributed by atoms with Crippen molar-refractivity contribution in [2.24, 2.45) is 5.73 Å². The minimum atomic E-state index is 0.415. The smallest absolute Gasteiger partial charge is 0.251 e. The van der Waals surface area contributed by atoms with E-state index in [0.717, 1.165) is 17.8 Å². The van der Waals surface area contributed by atoms with Crippen LogP contribution < -0.4 is 5.73 Å². The van der Waals surface area contributed by atoms with Crippen LogP contribution in [-0.4, -0.2) is 19.7 Å². The predicted octanol–water partition coefficient (Wildman–Crippen LogP) is 0.683. The Balaban J connectivity index is 2.44. The maximum Gasteiger partial charge on any atom is 0.251 e. The molecule has 78 valence electrons. The van der Waals surface area contributed by atoms with Gasteiger partial charge < -0.3 is 5.73 Å². The van der Waals surface area contributed by atoms with Gasteiger partial charge in [0.25, 0.3) is 5.95 Å². The highest BCUT2D eigenvalue weighted by Crippen LogP contribution is 2.06. The van der Waals surface area contributed by atoms with Crippen LogP contribution in [0, 0.1) is 0 Å². The summed E-state index contributed by atoms with van der Waals surface area (Å²) in [6, 6.07) is 3.76. The van der Waals surface area contributed by atoms with E-state index in [0.29, 0.717) is 12.5 Å². The molecule has 2 aromatic heterocycles. The molecule has 2 heterocycles. The molecule has 0 bridgehead atoms. The normalized spacial score (nSPS) is 10.5. The van der Waals surface area contributed by atoms with Crippen LogP contribution in [0.4, 0.5) is 0 Å². The molecule has 0 fully saturated rings. The molecule has 0 saturated heterocycles. The number of rotatable bonds is 3. The predicted molar refractivity (Wildman–Crippen MR) is 56.4 cm³/mol. The van der Waals surface area contributed by atoms with Gasteiger partial charge in [0, 0.05) is 24.6 Å². The van der Waals surface area contributed by atoms with Crippen LogP contribution in [0.2, 0.25) is 0 Å². The quantitative estimate of drug-likeness (QED) is 0.796. The van der Waals surface area contributed by atoms with Gasteiger partial charge in [-0.2, -0.15) is 5.10 Å². The summed E-state index contributed by atoms with van der Waals surface area (Å²) in [6.45, 7) is 2.48. The van der Waals surface area contributed by atoms with Crippen molar-refractivity contribution in [3.63, 3.8) is 0 Å². The van der Waals surface area contributed by atoms with Gasteiger partial charge in [-0.15, -0.1) is 0 Å². The van der Waals surface area contributed by atoms with Crippen LogP contribution in [0.25, 0.3) is 5.95 Å². The number of aromatic nitrogens is 4. The van der Waals surface area contributed by atoms with Crippen molar-refractivity contribution in [3.05, 3.63) is 35.9 Å². The van der Waals surface area contributed by atoms with E-state index in [9.17, 15) is 0 Å². The molecule has 5 heteroatoms. The fraction of sp³-hybridized carbons (Fsp3) is 0.300. The summed E-state index contributed by atoms with van der Waals surface area (Å²) in [5.41, 5.74) is 7.43. The third-order valence-electron chi connectivity index (χ3n) is 2.18. The highest BCUT2D eigenvalue weighted by molar-refractivity contribution is 5.17. The molecule has 0 radical (unpaired) electrons. The first-order valence-electron chi connectivity index (χ1n) is 4.90. The SMILES string of the molecule is CCc1ccnn1-c1nccc(CN)n1. The van der Waals surface area contributed by atoms with Crippen LogP contribution in [0.15, 0.2) is 24.5 Å². The molecule has 2 N–H and O–H groups in total. The van der Waals surface area contributed by atoms with Gasteiger partial charge in [0.15, 0.2) is 0 Å². The van der Waals surface area contributed by atoms with Crippen molar-refractivity contribution >= 4 is 0 Å². The Morgan fingerprint density at radius 1 is 1.33 bits per heavy atom. The first-order valence-corrected chi connectivity index (χ1v) is 4.90. The molecule has 2 aromatic rings. The third kappa shape index (κ3) is 1.87. The summed E-state index contributed by atoms with van der Waals surface area (Å²) in [7, 11) is 0. The second-order valence-electron chi connectivity index (χ2n) is 3.14. The molecule has 0 unspecified atom stereocenters. The molecule has 0 aromatic carbocycles. The number of nitrogens with zero attached hydrogens (tertiary/aromatic N) is 4. The standard InChI is InChI=1S/C10H13N5/c1-2-9-4-6-13-15(9)10-12-5-3-8(7-11)14-10/h3-6H,2,7,11H2,1H3. The third-order valence-corrected chi connectivity index (χ3v) is 2.18. The zero-order valence-corrected chi connectivity index (χ0v) is 8.59. The van der Waals surface area contributed by atoms with Crippen LogP contribution in [0.3, 0.4) is 0 Å². The molecule has 2 rings (SSSR count). The number of hydrogen-bond acceptors (Lipinski definition) is 4. The van der Waals surface area contributed by atoms with E-state index >= 15 is 0 Å². The van der Waals surface area contributed by atoms with Crippen LogP contribution in [0.5, 0.6) is 0 Å². The maximum absolute atomic E-state index is 5.52. The van der Waals surface area contributed by atoms with E-state index in [1.165, 1.54) is 0 Å². The van der Waals surface area contributed by atoms with Gasteiger partial charge in [0.1, 0.15) is 0 Å². The average Bonchev–Trinajstić information content (AvgIpc) is 2.77. The Morgan fingerprint density at radius 3 is 2.93 bits per heavy atom. The molecular weight excluding hydrogens is 190 g/mol. The topological polar surface area (TPSA) is 69.6 Å². The fourth-order valence-electron chi connectivity index (χ4n) is 1.38. The molecule has 0 spiro atoms. The molecular formula is C10H13N5. The minimum Gasteiger partial charge on any atom is -0.325 e. The summed E-state index contributed by atoms with van der Waals surface area (Å²) >= 11 is 0. The summed E-state index contributed by atoms with van der Waals surface area (Å²) in [4.78, 5) is 8.48. The number of aryl methyl sites for hydroxylation is 1. The molecule has 5 nitrogen and oxygen atoms in total. The lowest BCUT2D eigenvalue weighted by atomic mass is 10.3. The summed E-state index contributed by atoms with van der Waals surface area (Å²) < 4.78 is 1.74. The Hall–Kier alpha value is -1.75. The summed E-state index contributed by atoms with van der Waals surface area (Å²) in [5.74, 6) is 0.583. The summed E-state index contributed by atoms with van der Waals surface area (Å²) in [6.07, 6.45) is 4.35. The van der Waals surface area contributed by atoms with E-state index < -0.39 is 0 Å². The average molecular weight is 203 g/mol. The van der Waals surface area contributed by atoms with Crippen molar-refractivity contribution < 1.29 is 0 Å². The first-order chi connectivity index (χ1) is 7.35. The Kier molecular flexibility index (Phi) is 2.73. The van der Waals surface area contributed by atoms with Gasteiger partial charge in [0.2, 0.25) is 0 Å². The van der Waals surface area contributed by atoms with Crippen LogP contribution in [0.1, 0.15) is 18.3 Å². The molecule has 0 aliphatic carbocycles. The zero-order chi connectivity index (χ0) is 10.7. The fourth-order valence-corrected chi connectivity index (χ4v) is 1.38. The lowest BCUT2D eigenvalue weighted by molar-refractivity contribution is 0.749. The van der Waals surface area contributed by atoms with Gasteiger partial charge in [-0.05, 0) is 18.6 Å². The molecule has 0 amide bonds. The minimum absolute atomic E-state index is 0.415. The molecule has 0 saturated carbocycles. The Labute approximate surface area is 88.0 Å². The van der Waals surface area contributed by atoms with Gasteiger partial charge in [0.05, 0.1) is 5.69 Å². The highest BCUT2D eigenvalue weighted by atomic mass is 15.3. The first kappa shape index (κ1) is 9.79. The van der Waals surface area contributed by atoms with E-state index in [1.807, 2.05) is 6.07 Å². The van der Waals surface area contributed by atoms with E-state index in [-0.39, 0.29) is 0 Å². The maximum atomic E-state index is 5.52.